The summed E-state index contributed by atoms with van der Waals surface area (Å²) in [6.45, 7) is 4.10. The van der Waals surface area contributed by atoms with Crippen LogP contribution in [0, 0.1) is 0 Å². The van der Waals surface area contributed by atoms with Gasteiger partial charge in [0, 0.05) is 11.5 Å². The predicted molar refractivity (Wildman–Crippen MR) is 63.2 cm³/mol. The molecule has 0 aliphatic carbocycles. The van der Waals surface area contributed by atoms with Crippen molar-refractivity contribution in [2.45, 2.75) is 38.2 Å². The Morgan fingerprint density at radius 3 is 1.92 bits per heavy atom. The van der Waals surface area contributed by atoms with Crippen molar-refractivity contribution >= 4 is 43.4 Å². The molecule has 0 bridgehead atoms. The van der Waals surface area contributed by atoms with Crippen molar-refractivity contribution in [3.63, 3.8) is 0 Å². The quantitative estimate of drug-likeness (QED) is 0.360. The van der Waals surface area contributed by atoms with E-state index in [2.05, 4.69) is 6.92 Å². The van der Waals surface area contributed by atoms with Gasteiger partial charge in [0.25, 0.3) is 0 Å². The smallest absolute Gasteiger partial charge is 0.0557 e. The molecule has 0 aliphatic heterocycles. The second-order valence-corrected chi connectivity index (χ2v) is 5.71. The monoisotopic (exact) mass is 249 g/mol. The van der Waals surface area contributed by atoms with Crippen molar-refractivity contribution in [1.82, 2.24) is 0 Å². The number of hydrogen-bond donors (Lipinski definition) is 0. The van der Waals surface area contributed by atoms with E-state index in [4.69, 9.17) is 34.8 Å². The number of unbranched alkanes of at least 4 members (excludes halogenated alkanes) is 2. The first-order valence-corrected chi connectivity index (χ1v) is 6.77. The summed E-state index contributed by atoms with van der Waals surface area (Å²) in [4.78, 5) is 0. The maximum atomic E-state index is 5.48. The Hall–Kier alpha value is 1.30. The van der Waals surface area contributed by atoms with Gasteiger partial charge in [0.15, 0.2) is 0 Å². The molecule has 0 nitrogen and oxygen atoms in total. The van der Waals surface area contributed by atoms with Crippen LogP contribution in [0.1, 0.15) is 33.1 Å². The van der Waals surface area contributed by atoms with Crippen molar-refractivity contribution < 1.29 is 0 Å². The SMILES string of the molecule is CC(Cl)[P]CCl.CCCCCCl. The Labute approximate surface area is 93.1 Å². The van der Waals surface area contributed by atoms with Crippen LogP contribution in [0.5, 0.6) is 0 Å². The summed E-state index contributed by atoms with van der Waals surface area (Å²) >= 11 is 16.2. The Morgan fingerprint density at radius 1 is 1.25 bits per heavy atom. The lowest BCUT2D eigenvalue weighted by molar-refractivity contribution is 0.776. The molecule has 0 aromatic carbocycles. The molecule has 0 aromatic rings. The molecule has 12 heavy (non-hydrogen) atoms. The van der Waals surface area contributed by atoms with E-state index in [1.165, 1.54) is 19.3 Å². The molecule has 75 valence electrons. The Bertz CT molecular complexity index is 65.3. The van der Waals surface area contributed by atoms with E-state index < -0.39 is 0 Å². The topological polar surface area (TPSA) is 0 Å². The molecule has 1 radical (unpaired) electrons. The van der Waals surface area contributed by atoms with E-state index >= 15 is 0 Å². The first kappa shape index (κ1) is 15.8. The third-order valence-electron chi connectivity index (χ3n) is 1.06. The minimum Gasteiger partial charge on any atom is -0.127 e. The highest BCUT2D eigenvalue weighted by Gasteiger charge is 1.90. The molecule has 4 heteroatoms. The van der Waals surface area contributed by atoms with Crippen LogP contribution in [0.2, 0.25) is 0 Å². The second-order valence-electron chi connectivity index (χ2n) is 2.27. The maximum Gasteiger partial charge on any atom is 0.0557 e. The molecule has 0 saturated heterocycles. The van der Waals surface area contributed by atoms with Gasteiger partial charge in [-0.05, 0) is 21.9 Å². The minimum atomic E-state index is 0.211. The van der Waals surface area contributed by atoms with Gasteiger partial charge in [-0.25, -0.2) is 0 Å². The molecule has 0 aliphatic rings. The van der Waals surface area contributed by atoms with Crippen LogP contribution >= 0.6 is 43.4 Å². The lowest BCUT2D eigenvalue weighted by atomic mass is 10.3. The number of alkyl halides is 3. The van der Waals surface area contributed by atoms with Crippen molar-refractivity contribution in [2.75, 3.05) is 11.5 Å². The number of rotatable bonds is 5. The van der Waals surface area contributed by atoms with Gasteiger partial charge < -0.3 is 0 Å². The molecule has 0 rings (SSSR count). The summed E-state index contributed by atoms with van der Waals surface area (Å²) in [5.74, 6) is 0.827. The van der Waals surface area contributed by atoms with Gasteiger partial charge in [-0.2, -0.15) is 0 Å². The van der Waals surface area contributed by atoms with Crippen molar-refractivity contribution in [2.24, 2.45) is 0 Å². The summed E-state index contributed by atoms with van der Waals surface area (Å²) < 4.78 is 0. The highest BCUT2D eigenvalue weighted by atomic mass is 35.5. The van der Waals surface area contributed by atoms with E-state index in [-0.39, 0.29) is 5.12 Å². The van der Waals surface area contributed by atoms with Gasteiger partial charge in [-0.15, -0.1) is 34.8 Å². The summed E-state index contributed by atoms with van der Waals surface area (Å²) in [6, 6.07) is 0. The second kappa shape index (κ2) is 14.8. The van der Waals surface area contributed by atoms with E-state index in [9.17, 15) is 0 Å². The summed E-state index contributed by atoms with van der Waals surface area (Å²) in [6.07, 6.45) is 3.73. The van der Waals surface area contributed by atoms with E-state index in [0.717, 1.165) is 14.5 Å². The first-order valence-electron chi connectivity index (χ1n) is 4.11. The summed E-state index contributed by atoms with van der Waals surface area (Å²) in [5, 5.41) is 0.211. The maximum absolute atomic E-state index is 5.48. The number of hydrogen-bond acceptors (Lipinski definition) is 0. The van der Waals surface area contributed by atoms with Gasteiger partial charge >= 0.3 is 0 Å². The average molecular weight is 251 g/mol. The molecule has 0 saturated carbocycles. The molecule has 0 amide bonds. The molecule has 1 unspecified atom stereocenters. The van der Waals surface area contributed by atoms with Crippen LogP contribution < -0.4 is 0 Å². The highest BCUT2D eigenvalue weighted by Crippen LogP contribution is 2.21. The Kier molecular flexibility index (Phi) is 19.4. The molecular formula is C8H17Cl3P. The molecule has 0 aromatic heterocycles. The molecule has 1 atom stereocenters. The third kappa shape index (κ3) is 22.5. The highest BCUT2D eigenvalue weighted by molar-refractivity contribution is 7.43. The van der Waals surface area contributed by atoms with Crippen LogP contribution in [0.25, 0.3) is 0 Å². The average Bonchev–Trinajstić information content (AvgIpc) is 2.02. The Morgan fingerprint density at radius 2 is 1.83 bits per heavy atom. The van der Waals surface area contributed by atoms with Gasteiger partial charge in [0.05, 0.1) is 5.12 Å². The molecule has 0 fully saturated rings. The van der Waals surface area contributed by atoms with Gasteiger partial charge in [-0.1, -0.05) is 19.8 Å². The third-order valence-corrected chi connectivity index (χ3v) is 2.79. The van der Waals surface area contributed by atoms with Crippen LogP contribution in [-0.2, 0) is 0 Å². The zero-order valence-corrected chi connectivity index (χ0v) is 10.9. The van der Waals surface area contributed by atoms with Crippen molar-refractivity contribution in [3.05, 3.63) is 0 Å². The summed E-state index contributed by atoms with van der Waals surface area (Å²) in [7, 11) is 1.11. The van der Waals surface area contributed by atoms with E-state index in [0.29, 0.717) is 5.62 Å². The normalized spacial score (nSPS) is 12.8. The van der Waals surface area contributed by atoms with Gasteiger partial charge in [-0.3, -0.25) is 0 Å². The molecule has 0 spiro atoms. The zero-order valence-electron chi connectivity index (χ0n) is 7.69. The fourth-order valence-corrected chi connectivity index (χ4v) is 1.86. The lowest BCUT2D eigenvalue weighted by Gasteiger charge is -1.91. The molecule has 0 N–H and O–H groups in total. The van der Waals surface area contributed by atoms with Crippen LogP contribution in [0.15, 0.2) is 0 Å². The predicted octanol–water partition coefficient (Wildman–Crippen LogP) is 5.13. The van der Waals surface area contributed by atoms with Gasteiger partial charge in [0.1, 0.15) is 0 Å². The van der Waals surface area contributed by atoms with Crippen LogP contribution in [0.3, 0.4) is 0 Å². The minimum absolute atomic E-state index is 0.211. The van der Waals surface area contributed by atoms with Crippen LogP contribution in [-0.4, -0.2) is 16.6 Å². The fourth-order valence-electron chi connectivity index (χ4n) is 0.440. The lowest BCUT2D eigenvalue weighted by Crippen LogP contribution is -1.74. The van der Waals surface area contributed by atoms with Crippen LogP contribution in [0.4, 0.5) is 0 Å². The van der Waals surface area contributed by atoms with E-state index in [1.807, 2.05) is 6.92 Å². The van der Waals surface area contributed by atoms with Crippen molar-refractivity contribution in [1.29, 1.82) is 0 Å². The van der Waals surface area contributed by atoms with Gasteiger partial charge in [0.2, 0.25) is 0 Å². The standard InChI is InChI=1S/C5H11Cl.C3H6Cl2P/c1-2-3-4-5-6;1-3(5)6-2-4/h2-5H2,1H3;3H,2H2,1H3. The van der Waals surface area contributed by atoms with E-state index in [1.54, 1.807) is 0 Å². The zero-order chi connectivity index (χ0) is 9.82. The fraction of sp³-hybridized carbons (Fsp3) is 1.00. The first-order chi connectivity index (χ1) is 5.68. The summed E-state index contributed by atoms with van der Waals surface area (Å²) in [5.41, 5.74) is 0.644. The Balaban J connectivity index is 0. The van der Waals surface area contributed by atoms with Crippen molar-refractivity contribution in [3.8, 4) is 0 Å². The number of halogens is 3. The molecule has 0 heterocycles. The molecular weight excluding hydrogens is 233 g/mol. The largest absolute Gasteiger partial charge is 0.127 e.